The number of carbonyl (C=O) groups excluding carboxylic acids is 1. The molecule has 70 valence electrons. The first-order valence-corrected chi connectivity index (χ1v) is 3.94. The molecule has 3 nitrogen and oxygen atoms in total. The molecule has 0 fully saturated rings. The average molecular weight is 180 g/mol. The van der Waals surface area contributed by atoms with Gasteiger partial charge in [-0.05, 0) is 31.5 Å². The van der Waals surface area contributed by atoms with E-state index in [9.17, 15) is 9.90 Å². The van der Waals surface area contributed by atoms with Crippen molar-refractivity contribution in [1.82, 2.24) is 0 Å². The van der Waals surface area contributed by atoms with E-state index in [1.165, 1.54) is 7.11 Å². The van der Waals surface area contributed by atoms with Crippen LogP contribution in [0.15, 0.2) is 12.1 Å². The smallest absolute Gasteiger partial charge is 0.338 e. The summed E-state index contributed by atoms with van der Waals surface area (Å²) in [5.41, 5.74) is 1.81. The van der Waals surface area contributed by atoms with Crippen molar-refractivity contribution in [2.24, 2.45) is 0 Å². The molecule has 3 heteroatoms. The molecule has 0 radical (unpaired) electrons. The maximum atomic E-state index is 11.2. The Morgan fingerprint density at radius 3 is 2.54 bits per heavy atom. The van der Waals surface area contributed by atoms with Crippen molar-refractivity contribution in [3.63, 3.8) is 0 Å². The van der Waals surface area contributed by atoms with Crippen molar-refractivity contribution in [2.45, 2.75) is 13.8 Å². The molecule has 0 atom stereocenters. The summed E-state index contributed by atoms with van der Waals surface area (Å²) in [5.74, 6) is -0.295. The highest BCUT2D eigenvalue weighted by molar-refractivity contribution is 5.91. The maximum Gasteiger partial charge on any atom is 0.338 e. The summed E-state index contributed by atoms with van der Waals surface area (Å²) in [4.78, 5) is 11.2. The Bertz CT molecular complexity index is 342. The van der Waals surface area contributed by atoms with Crippen molar-refractivity contribution in [2.75, 3.05) is 7.11 Å². The molecule has 0 aliphatic heterocycles. The Balaban J connectivity index is 3.28. The van der Waals surface area contributed by atoms with E-state index in [2.05, 4.69) is 4.74 Å². The van der Waals surface area contributed by atoms with Crippen LogP contribution < -0.4 is 0 Å². The van der Waals surface area contributed by atoms with Gasteiger partial charge in [-0.1, -0.05) is 0 Å². The van der Waals surface area contributed by atoms with Crippen LogP contribution in [0.3, 0.4) is 0 Å². The molecule has 13 heavy (non-hydrogen) atoms. The Labute approximate surface area is 77.0 Å². The number of hydrogen-bond donors (Lipinski definition) is 1. The van der Waals surface area contributed by atoms with E-state index in [-0.39, 0.29) is 5.75 Å². The number of benzene rings is 1. The predicted molar refractivity (Wildman–Crippen MR) is 48.9 cm³/mol. The minimum atomic E-state index is -0.420. The molecule has 0 spiro atoms. The molecule has 0 aliphatic rings. The SMILES string of the molecule is COC(=O)c1cc(C)cc(O)c1C. The van der Waals surface area contributed by atoms with Gasteiger partial charge >= 0.3 is 5.97 Å². The van der Waals surface area contributed by atoms with Gasteiger partial charge < -0.3 is 9.84 Å². The summed E-state index contributed by atoms with van der Waals surface area (Å²) in [6.45, 7) is 3.49. The summed E-state index contributed by atoms with van der Waals surface area (Å²) in [6.07, 6.45) is 0. The third kappa shape index (κ3) is 1.80. The summed E-state index contributed by atoms with van der Waals surface area (Å²) >= 11 is 0. The molecule has 1 aromatic rings. The molecule has 0 saturated carbocycles. The minimum Gasteiger partial charge on any atom is -0.508 e. The number of esters is 1. The molecule has 1 N–H and O–H groups in total. The van der Waals surface area contributed by atoms with E-state index in [0.29, 0.717) is 11.1 Å². The number of ether oxygens (including phenoxy) is 1. The van der Waals surface area contributed by atoms with E-state index in [0.717, 1.165) is 5.56 Å². The summed E-state index contributed by atoms with van der Waals surface area (Å²) < 4.78 is 4.58. The van der Waals surface area contributed by atoms with Gasteiger partial charge in [-0.3, -0.25) is 0 Å². The first-order valence-electron chi connectivity index (χ1n) is 3.94. The lowest BCUT2D eigenvalue weighted by atomic mass is 10.0. The molecule has 0 bridgehead atoms. The molecule has 0 saturated heterocycles. The van der Waals surface area contributed by atoms with Crippen LogP contribution in [-0.2, 0) is 4.74 Å². The van der Waals surface area contributed by atoms with Gasteiger partial charge in [0.2, 0.25) is 0 Å². The molecule has 0 unspecified atom stereocenters. The highest BCUT2D eigenvalue weighted by Crippen LogP contribution is 2.22. The fourth-order valence-corrected chi connectivity index (χ4v) is 1.16. The largest absolute Gasteiger partial charge is 0.508 e. The normalized spacial score (nSPS) is 9.77. The molecule has 0 heterocycles. The third-order valence-electron chi connectivity index (χ3n) is 1.93. The zero-order chi connectivity index (χ0) is 10.0. The van der Waals surface area contributed by atoms with Gasteiger partial charge in [0.15, 0.2) is 0 Å². The molecular weight excluding hydrogens is 168 g/mol. The molecule has 1 rings (SSSR count). The van der Waals surface area contributed by atoms with Crippen molar-refractivity contribution >= 4 is 5.97 Å². The van der Waals surface area contributed by atoms with Crippen molar-refractivity contribution in [1.29, 1.82) is 0 Å². The van der Waals surface area contributed by atoms with E-state index >= 15 is 0 Å². The average Bonchev–Trinajstić information content (AvgIpc) is 2.10. The lowest BCUT2D eigenvalue weighted by Gasteiger charge is -2.06. The summed E-state index contributed by atoms with van der Waals surface area (Å²) in [7, 11) is 1.32. The number of phenolic OH excluding ortho intramolecular Hbond substituents is 1. The second kappa shape index (κ2) is 3.47. The second-order valence-electron chi connectivity index (χ2n) is 2.95. The van der Waals surface area contributed by atoms with Gasteiger partial charge in [-0.2, -0.15) is 0 Å². The third-order valence-corrected chi connectivity index (χ3v) is 1.93. The topological polar surface area (TPSA) is 46.5 Å². The second-order valence-corrected chi connectivity index (χ2v) is 2.95. The van der Waals surface area contributed by atoms with Crippen LogP contribution in [-0.4, -0.2) is 18.2 Å². The first kappa shape index (κ1) is 9.58. The number of carbonyl (C=O) groups is 1. The Morgan fingerprint density at radius 1 is 1.38 bits per heavy atom. The standard InChI is InChI=1S/C10H12O3/c1-6-4-8(10(12)13-3)7(2)9(11)5-6/h4-5,11H,1-3H3. The van der Waals surface area contributed by atoms with Crippen molar-refractivity contribution in [3.05, 3.63) is 28.8 Å². The molecule has 0 aliphatic carbocycles. The lowest BCUT2D eigenvalue weighted by Crippen LogP contribution is -2.04. The quantitative estimate of drug-likeness (QED) is 0.670. The van der Waals surface area contributed by atoms with Crippen molar-refractivity contribution < 1.29 is 14.6 Å². The van der Waals surface area contributed by atoms with Crippen molar-refractivity contribution in [3.8, 4) is 5.75 Å². The van der Waals surface area contributed by atoms with E-state index in [1.54, 1.807) is 19.1 Å². The lowest BCUT2D eigenvalue weighted by molar-refractivity contribution is 0.0599. The first-order chi connectivity index (χ1) is 6.06. The van der Waals surface area contributed by atoms with E-state index in [4.69, 9.17) is 0 Å². The van der Waals surface area contributed by atoms with Gasteiger partial charge in [0, 0.05) is 5.56 Å². The van der Waals surface area contributed by atoms with Gasteiger partial charge in [-0.15, -0.1) is 0 Å². The maximum absolute atomic E-state index is 11.2. The fourth-order valence-electron chi connectivity index (χ4n) is 1.16. The van der Waals surface area contributed by atoms with Crippen LogP contribution in [0.25, 0.3) is 0 Å². The number of aryl methyl sites for hydroxylation is 1. The number of aromatic hydroxyl groups is 1. The molecule has 0 aromatic heterocycles. The number of phenols is 1. The van der Waals surface area contributed by atoms with Gasteiger partial charge in [0.25, 0.3) is 0 Å². The van der Waals surface area contributed by atoms with E-state index in [1.807, 2.05) is 6.92 Å². The summed E-state index contributed by atoms with van der Waals surface area (Å²) in [5, 5.41) is 9.42. The van der Waals surface area contributed by atoms with Crippen LogP contribution in [0.4, 0.5) is 0 Å². The van der Waals surface area contributed by atoms with Gasteiger partial charge in [0.1, 0.15) is 5.75 Å². The Hall–Kier alpha value is -1.51. The molecular formula is C10H12O3. The van der Waals surface area contributed by atoms with Crippen LogP contribution in [0.1, 0.15) is 21.5 Å². The molecule has 1 aromatic carbocycles. The number of methoxy groups -OCH3 is 1. The van der Waals surface area contributed by atoms with Gasteiger partial charge in [0.05, 0.1) is 12.7 Å². The summed E-state index contributed by atoms with van der Waals surface area (Å²) in [6, 6.07) is 3.31. The van der Waals surface area contributed by atoms with Crippen LogP contribution in [0, 0.1) is 13.8 Å². The highest BCUT2D eigenvalue weighted by Gasteiger charge is 2.12. The van der Waals surface area contributed by atoms with E-state index < -0.39 is 5.97 Å². The van der Waals surface area contributed by atoms with Crippen LogP contribution in [0.2, 0.25) is 0 Å². The highest BCUT2D eigenvalue weighted by atomic mass is 16.5. The van der Waals surface area contributed by atoms with Gasteiger partial charge in [-0.25, -0.2) is 4.79 Å². The monoisotopic (exact) mass is 180 g/mol. The number of hydrogen-bond acceptors (Lipinski definition) is 3. The zero-order valence-electron chi connectivity index (χ0n) is 7.92. The Kier molecular flexibility index (Phi) is 2.56. The molecule has 0 amide bonds. The number of rotatable bonds is 1. The Morgan fingerprint density at radius 2 is 2.00 bits per heavy atom. The predicted octanol–water partition coefficient (Wildman–Crippen LogP) is 1.80. The fraction of sp³-hybridized carbons (Fsp3) is 0.300. The zero-order valence-corrected chi connectivity index (χ0v) is 7.92. The minimum absolute atomic E-state index is 0.125. The van der Waals surface area contributed by atoms with Crippen LogP contribution in [0.5, 0.6) is 5.75 Å². The van der Waals surface area contributed by atoms with Crippen LogP contribution >= 0.6 is 0 Å².